The molecule has 1 unspecified atom stereocenters. The maximum absolute atomic E-state index is 13.5. The van der Waals surface area contributed by atoms with Crippen LogP contribution in [0, 0.1) is 11.8 Å². The van der Waals surface area contributed by atoms with Crippen LogP contribution in [-0.2, 0) is 19.1 Å². The number of hydrogen-bond acceptors (Lipinski definition) is 10. The van der Waals surface area contributed by atoms with E-state index in [9.17, 15) is 19.2 Å². The first kappa shape index (κ1) is 38.6. The number of aromatic amines is 2. The minimum atomic E-state index is -0.694. The molecule has 296 valence electrons. The number of ether oxygens (including phenoxy) is 2. The number of rotatable bonds is 11. The van der Waals surface area contributed by atoms with E-state index in [4.69, 9.17) is 14.5 Å². The number of hydrogen-bond donors (Lipinski definition) is 4. The molecule has 0 aliphatic carbocycles. The highest BCUT2D eigenvalue weighted by Gasteiger charge is 2.39. The van der Waals surface area contributed by atoms with Gasteiger partial charge >= 0.3 is 12.2 Å². The average Bonchev–Trinajstić information content (AvgIpc) is 4.04. The SMILES string of the molecule is COC(=O)N[C@H](C(=O)N1CCCC1c1ncc(-c2cn3cc(-c4ccc(-c5cnc([C@@H]6CCCN6C(=O)[C@@H](NC(=O)OC)C(C)C)[nH]5)cc4)nc3s2)[nH]1)C(C)C. The molecule has 2 saturated heterocycles. The van der Waals surface area contributed by atoms with Crippen LogP contribution in [0.1, 0.15) is 77.1 Å². The van der Waals surface area contributed by atoms with Crippen molar-refractivity contribution in [1.82, 2.24) is 49.8 Å². The third-order valence-corrected chi connectivity index (χ3v) is 11.6. The monoisotopic (exact) mass is 784 g/mol. The van der Waals surface area contributed by atoms with Gasteiger partial charge in [-0.3, -0.25) is 14.0 Å². The molecule has 16 nitrogen and oxygen atoms in total. The fourth-order valence-corrected chi connectivity index (χ4v) is 8.48. The van der Waals surface area contributed by atoms with E-state index in [0.29, 0.717) is 24.7 Å². The second kappa shape index (κ2) is 16.2. The van der Waals surface area contributed by atoms with Gasteiger partial charge in [-0.2, -0.15) is 0 Å². The van der Waals surface area contributed by atoms with Gasteiger partial charge < -0.3 is 39.9 Å². The highest BCUT2D eigenvalue weighted by atomic mass is 32.1. The topological polar surface area (TPSA) is 192 Å². The molecular formula is C39H48N10O6S. The van der Waals surface area contributed by atoms with E-state index in [1.807, 2.05) is 68.8 Å². The Hall–Kier alpha value is -5.71. The van der Waals surface area contributed by atoms with Crippen molar-refractivity contribution in [3.8, 4) is 33.1 Å². The summed E-state index contributed by atoms with van der Waals surface area (Å²) < 4.78 is 11.5. The van der Waals surface area contributed by atoms with Crippen LogP contribution in [0.3, 0.4) is 0 Å². The lowest BCUT2D eigenvalue weighted by molar-refractivity contribution is -0.136. The number of aromatic nitrogens is 6. The predicted molar refractivity (Wildman–Crippen MR) is 209 cm³/mol. The first-order chi connectivity index (χ1) is 26.9. The second-order valence-electron chi connectivity index (χ2n) is 14.9. The fourth-order valence-electron chi connectivity index (χ4n) is 7.55. The van der Waals surface area contributed by atoms with Gasteiger partial charge in [-0.15, -0.1) is 0 Å². The maximum atomic E-state index is 13.5. The Kier molecular flexibility index (Phi) is 11.1. The van der Waals surface area contributed by atoms with Crippen LogP contribution in [0.4, 0.5) is 9.59 Å². The molecule has 7 rings (SSSR count). The lowest BCUT2D eigenvalue weighted by Gasteiger charge is -2.30. The normalized spacial score (nSPS) is 18.1. The third-order valence-electron chi connectivity index (χ3n) is 10.6. The Morgan fingerprint density at radius 2 is 1.25 bits per heavy atom. The smallest absolute Gasteiger partial charge is 0.407 e. The van der Waals surface area contributed by atoms with Crippen LogP contribution in [-0.4, -0.2) is 103 Å². The minimum absolute atomic E-state index is 0.108. The third kappa shape index (κ3) is 7.72. The van der Waals surface area contributed by atoms with Crippen molar-refractivity contribution in [3.63, 3.8) is 0 Å². The maximum Gasteiger partial charge on any atom is 0.407 e. The summed E-state index contributed by atoms with van der Waals surface area (Å²) in [4.78, 5) is 77.5. The molecule has 0 spiro atoms. The molecule has 17 heteroatoms. The number of thiazole rings is 1. The van der Waals surface area contributed by atoms with Crippen molar-refractivity contribution >= 4 is 40.3 Å². The van der Waals surface area contributed by atoms with Gasteiger partial charge in [0.1, 0.15) is 23.7 Å². The quantitative estimate of drug-likeness (QED) is 0.126. The summed E-state index contributed by atoms with van der Waals surface area (Å²) in [5.74, 6) is 0.917. The van der Waals surface area contributed by atoms with Gasteiger partial charge in [0.05, 0.1) is 60.7 Å². The minimum Gasteiger partial charge on any atom is -0.453 e. The summed E-state index contributed by atoms with van der Waals surface area (Å²) in [7, 11) is 2.57. The van der Waals surface area contributed by atoms with E-state index in [0.717, 1.165) is 63.7 Å². The number of fused-ring (bicyclic) bond motifs is 1. The molecule has 6 heterocycles. The van der Waals surface area contributed by atoms with Crippen LogP contribution < -0.4 is 10.6 Å². The van der Waals surface area contributed by atoms with E-state index in [1.165, 1.54) is 14.2 Å². The standard InChI is InChI=1S/C39H48N10O6S/c1-21(2)31(45-38(52)54-5)35(50)48-15-7-9-28(48)33-40-17-25(42-33)23-11-13-24(14-12-23)27-19-47-20-30(56-37(47)44-27)26-18-41-34(43-26)29-10-8-16-49(29)36(51)32(22(3)4)46-39(53)55-6/h11-14,17-22,28-29,31-32H,7-10,15-16H2,1-6H3,(H,40,42)(H,41,43)(H,45,52)(H,46,53)/t28-,29?,31-,32-/m0/s1. The number of benzene rings is 1. The Balaban J connectivity index is 1.02. The van der Waals surface area contributed by atoms with E-state index >= 15 is 0 Å². The van der Waals surface area contributed by atoms with Crippen molar-refractivity contribution < 1.29 is 28.7 Å². The van der Waals surface area contributed by atoms with E-state index < -0.39 is 24.3 Å². The molecule has 0 bridgehead atoms. The van der Waals surface area contributed by atoms with Gasteiger partial charge in [0.25, 0.3) is 0 Å². The largest absolute Gasteiger partial charge is 0.453 e. The Labute approximate surface area is 328 Å². The molecule has 4 aromatic heterocycles. The molecule has 4 amide bonds. The van der Waals surface area contributed by atoms with Crippen molar-refractivity contribution in [3.05, 3.63) is 60.7 Å². The number of nitrogens with one attached hydrogen (secondary N) is 4. The molecule has 5 aromatic rings. The molecule has 4 N–H and O–H groups in total. The van der Waals surface area contributed by atoms with E-state index in [1.54, 1.807) is 33.5 Å². The number of amides is 4. The van der Waals surface area contributed by atoms with Crippen LogP contribution >= 0.6 is 11.3 Å². The second-order valence-corrected chi connectivity index (χ2v) is 16.0. The Morgan fingerprint density at radius 1 is 0.750 bits per heavy atom. The molecule has 2 fully saturated rings. The van der Waals surface area contributed by atoms with Crippen LogP contribution in [0.25, 0.3) is 38.0 Å². The average molecular weight is 785 g/mol. The number of methoxy groups -OCH3 is 2. The lowest BCUT2D eigenvalue weighted by Crippen LogP contribution is -2.51. The zero-order valence-electron chi connectivity index (χ0n) is 32.4. The van der Waals surface area contributed by atoms with Crippen LogP contribution in [0.15, 0.2) is 49.1 Å². The highest BCUT2D eigenvalue weighted by Crippen LogP contribution is 2.36. The predicted octanol–water partition coefficient (Wildman–Crippen LogP) is 5.93. The zero-order chi connectivity index (χ0) is 39.7. The molecule has 1 aromatic carbocycles. The number of imidazole rings is 3. The van der Waals surface area contributed by atoms with E-state index in [-0.39, 0.29) is 35.7 Å². The lowest BCUT2D eigenvalue weighted by atomic mass is 10.0. The van der Waals surface area contributed by atoms with Gasteiger partial charge in [0.2, 0.25) is 11.8 Å². The Morgan fingerprint density at radius 3 is 1.75 bits per heavy atom. The molecule has 4 atom stereocenters. The first-order valence-corrected chi connectivity index (χ1v) is 19.8. The molecular weight excluding hydrogens is 737 g/mol. The number of alkyl carbamates (subject to hydrolysis) is 2. The first-order valence-electron chi connectivity index (χ1n) is 18.9. The van der Waals surface area contributed by atoms with Gasteiger partial charge in [-0.1, -0.05) is 63.3 Å². The Bertz CT molecular complexity index is 2170. The van der Waals surface area contributed by atoms with Gasteiger partial charge in [0, 0.05) is 31.0 Å². The summed E-state index contributed by atoms with van der Waals surface area (Å²) >= 11 is 1.54. The number of H-pyrrole nitrogens is 2. The summed E-state index contributed by atoms with van der Waals surface area (Å²) in [6, 6.07) is 6.29. The number of carbonyl (C=O) groups excluding carboxylic acids is 4. The van der Waals surface area contributed by atoms with Crippen molar-refractivity contribution in [2.75, 3.05) is 27.3 Å². The summed E-state index contributed by atoms with van der Waals surface area (Å²) in [6.07, 6.45) is 9.58. The number of carbonyl (C=O) groups is 4. The van der Waals surface area contributed by atoms with Crippen LogP contribution in [0.5, 0.6) is 0 Å². The summed E-state index contributed by atoms with van der Waals surface area (Å²) in [5.41, 5.74) is 4.45. The van der Waals surface area contributed by atoms with Crippen molar-refractivity contribution in [2.45, 2.75) is 77.5 Å². The van der Waals surface area contributed by atoms with E-state index in [2.05, 4.69) is 30.6 Å². The van der Waals surface area contributed by atoms with Gasteiger partial charge in [-0.05, 0) is 43.1 Å². The van der Waals surface area contributed by atoms with Gasteiger partial charge in [0.15, 0.2) is 4.96 Å². The van der Waals surface area contributed by atoms with Crippen LogP contribution in [0.2, 0.25) is 0 Å². The van der Waals surface area contributed by atoms with Gasteiger partial charge in [-0.25, -0.2) is 24.5 Å². The highest BCUT2D eigenvalue weighted by molar-refractivity contribution is 7.20. The molecule has 0 radical (unpaired) electrons. The van der Waals surface area contributed by atoms with Crippen molar-refractivity contribution in [2.24, 2.45) is 11.8 Å². The number of nitrogens with zero attached hydrogens (tertiary/aromatic N) is 6. The van der Waals surface area contributed by atoms with Crippen molar-refractivity contribution in [1.29, 1.82) is 0 Å². The molecule has 2 aliphatic rings. The number of likely N-dealkylation sites (tertiary alicyclic amines) is 2. The molecule has 2 aliphatic heterocycles. The summed E-state index contributed by atoms with van der Waals surface area (Å²) in [6.45, 7) is 8.77. The molecule has 56 heavy (non-hydrogen) atoms. The fraction of sp³-hybridized carbons (Fsp3) is 0.462. The zero-order valence-corrected chi connectivity index (χ0v) is 33.2. The summed E-state index contributed by atoms with van der Waals surface area (Å²) in [5, 5.41) is 5.38. The molecule has 0 saturated carbocycles.